The molecule has 100 valence electrons. The molecule has 1 aromatic carbocycles. The van der Waals surface area contributed by atoms with Gasteiger partial charge in [-0.2, -0.15) is 0 Å². The minimum atomic E-state index is 0.102. The van der Waals surface area contributed by atoms with Gasteiger partial charge < -0.3 is 10.6 Å². The molecule has 2 heteroatoms. The molecule has 1 aliphatic carbocycles. The first-order valence-corrected chi connectivity index (χ1v) is 7.13. The van der Waals surface area contributed by atoms with Gasteiger partial charge in [-0.25, -0.2) is 0 Å². The van der Waals surface area contributed by atoms with Gasteiger partial charge in [-0.3, -0.25) is 0 Å². The molecule has 0 heterocycles. The minimum absolute atomic E-state index is 0.102. The van der Waals surface area contributed by atoms with Gasteiger partial charge >= 0.3 is 0 Å². The number of nitrogens with two attached hydrogens (primary N) is 1. The Morgan fingerprint density at radius 1 is 1.28 bits per heavy atom. The van der Waals surface area contributed by atoms with Crippen LogP contribution in [0.5, 0.6) is 0 Å². The molecule has 18 heavy (non-hydrogen) atoms. The largest absolute Gasteiger partial charge is 0.365 e. The van der Waals surface area contributed by atoms with Crippen LogP contribution in [0, 0.1) is 12.8 Å². The Morgan fingerprint density at radius 2 is 1.89 bits per heavy atom. The zero-order valence-corrected chi connectivity index (χ0v) is 11.9. The number of hydrogen-bond acceptors (Lipinski definition) is 2. The molecule has 0 aliphatic heterocycles. The van der Waals surface area contributed by atoms with Crippen molar-refractivity contribution >= 4 is 5.69 Å². The van der Waals surface area contributed by atoms with Crippen molar-refractivity contribution in [1.82, 2.24) is 0 Å². The van der Waals surface area contributed by atoms with E-state index in [2.05, 4.69) is 49.9 Å². The first-order valence-electron chi connectivity index (χ1n) is 7.13. The van der Waals surface area contributed by atoms with Crippen LogP contribution >= 0.6 is 0 Å². The molecule has 0 bridgehead atoms. The van der Waals surface area contributed by atoms with E-state index in [4.69, 9.17) is 5.73 Å². The van der Waals surface area contributed by atoms with E-state index < -0.39 is 0 Å². The molecule has 1 unspecified atom stereocenters. The fraction of sp³-hybridized carbons (Fsp3) is 0.625. The molecule has 0 saturated heterocycles. The van der Waals surface area contributed by atoms with Crippen LogP contribution in [0.3, 0.4) is 0 Å². The summed E-state index contributed by atoms with van der Waals surface area (Å²) in [7, 11) is 0. The van der Waals surface area contributed by atoms with E-state index in [9.17, 15) is 0 Å². The molecule has 2 rings (SSSR count). The molecule has 1 fully saturated rings. The van der Waals surface area contributed by atoms with E-state index >= 15 is 0 Å². The Hall–Kier alpha value is -1.02. The zero-order chi connectivity index (χ0) is 13.2. The first kappa shape index (κ1) is 13.4. The summed E-state index contributed by atoms with van der Waals surface area (Å²) >= 11 is 0. The second-order valence-electron chi connectivity index (χ2n) is 5.93. The molecular formula is C16H26N2. The molecule has 0 radical (unpaired) electrons. The number of benzene rings is 1. The van der Waals surface area contributed by atoms with Gasteiger partial charge in [0, 0.05) is 24.3 Å². The minimum Gasteiger partial charge on any atom is -0.365 e. The standard InChI is InChI=1S/C16H26N2/c1-4-18(15-9-5-13(2)6-10-15)16(3,12-17)11-14-7-8-14/h5-6,9-10,14H,4,7-8,11-12,17H2,1-3H3. The molecule has 0 amide bonds. The summed E-state index contributed by atoms with van der Waals surface area (Å²) in [4.78, 5) is 2.48. The van der Waals surface area contributed by atoms with Gasteiger partial charge in [-0.05, 0) is 45.2 Å². The van der Waals surface area contributed by atoms with Gasteiger partial charge in [0.1, 0.15) is 0 Å². The Bertz CT molecular complexity index is 381. The van der Waals surface area contributed by atoms with E-state index in [-0.39, 0.29) is 5.54 Å². The highest BCUT2D eigenvalue weighted by Gasteiger charge is 2.36. The maximum atomic E-state index is 6.09. The van der Waals surface area contributed by atoms with Crippen LogP contribution in [0.1, 0.15) is 38.7 Å². The molecule has 1 aliphatic rings. The summed E-state index contributed by atoms with van der Waals surface area (Å²) < 4.78 is 0. The molecule has 0 aromatic heterocycles. The van der Waals surface area contributed by atoms with Crippen molar-refractivity contribution in [2.24, 2.45) is 11.7 Å². The predicted molar refractivity (Wildman–Crippen MR) is 79.0 cm³/mol. The van der Waals surface area contributed by atoms with Crippen LogP contribution in [-0.2, 0) is 0 Å². The average molecular weight is 246 g/mol. The maximum absolute atomic E-state index is 6.09. The average Bonchev–Trinajstić information content (AvgIpc) is 3.16. The van der Waals surface area contributed by atoms with Gasteiger partial charge in [-0.15, -0.1) is 0 Å². The summed E-state index contributed by atoms with van der Waals surface area (Å²) in [6, 6.07) is 8.82. The highest BCUT2D eigenvalue weighted by Crippen LogP contribution is 2.39. The molecule has 0 spiro atoms. The zero-order valence-electron chi connectivity index (χ0n) is 11.9. The number of rotatable bonds is 6. The summed E-state index contributed by atoms with van der Waals surface area (Å²) in [6.07, 6.45) is 4.01. The van der Waals surface area contributed by atoms with Crippen molar-refractivity contribution in [3.05, 3.63) is 29.8 Å². The van der Waals surface area contributed by atoms with E-state index in [1.807, 2.05) is 0 Å². The second kappa shape index (κ2) is 5.31. The van der Waals surface area contributed by atoms with Gasteiger partial charge in [0.05, 0.1) is 0 Å². The third kappa shape index (κ3) is 2.86. The highest BCUT2D eigenvalue weighted by atomic mass is 15.2. The summed E-state index contributed by atoms with van der Waals surface area (Å²) in [5.74, 6) is 0.901. The number of likely N-dealkylation sites (N-methyl/N-ethyl adjacent to an activating group) is 1. The number of aryl methyl sites for hydroxylation is 1. The van der Waals surface area contributed by atoms with Crippen LogP contribution in [0.25, 0.3) is 0 Å². The lowest BCUT2D eigenvalue weighted by atomic mass is 9.91. The lowest BCUT2D eigenvalue weighted by Gasteiger charge is -2.42. The number of nitrogens with zero attached hydrogens (tertiary/aromatic N) is 1. The van der Waals surface area contributed by atoms with E-state index in [1.165, 1.54) is 30.5 Å². The molecule has 1 aromatic rings. The van der Waals surface area contributed by atoms with Gasteiger partial charge in [-0.1, -0.05) is 30.5 Å². The predicted octanol–water partition coefficient (Wildman–Crippen LogP) is 3.34. The van der Waals surface area contributed by atoms with E-state index in [0.717, 1.165) is 19.0 Å². The van der Waals surface area contributed by atoms with Crippen molar-refractivity contribution in [3.63, 3.8) is 0 Å². The van der Waals surface area contributed by atoms with Gasteiger partial charge in [0.15, 0.2) is 0 Å². The van der Waals surface area contributed by atoms with Crippen LogP contribution < -0.4 is 10.6 Å². The normalized spacial score (nSPS) is 18.4. The van der Waals surface area contributed by atoms with Crippen LogP contribution in [0.15, 0.2) is 24.3 Å². The Morgan fingerprint density at radius 3 is 2.33 bits per heavy atom. The van der Waals surface area contributed by atoms with Gasteiger partial charge in [0.2, 0.25) is 0 Å². The fourth-order valence-electron chi connectivity index (χ4n) is 2.85. The molecule has 1 atom stereocenters. The second-order valence-corrected chi connectivity index (χ2v) is 5.93. The maximum Gasteiger partial charge on any atom is 0.0498 e. The van der Waals surface area contributed by atoms with Crippen LogP contribution in [0.4, 0.5) is 5.69 Å². The first-order chi connectivity index (χ1) is 8.59. The van der Waals surface area contributed by atoms with Gasteiger partial charge in [0.25, 0.3) is 0 Å². The highest BCUT2D eigenvalue weighted by molar-refractivity contribution is 5.50. The van der Waals surface area contributed by atoms with Crippen LogP contribution in [0.2, 0.25) is 0 Å². The quantitative estimate of drug-likeness (QED) is 0.834. The topological polar surface area (TPSA) is 29.3 Å². The summed E-state index contributed by atoms with van der Waals surface area (Å²) in [5.41, 5.74) is 8.80. The van der Waals surface area contributed by atoms with Crippen molar-refractivity contribution in [3.8, 4) is 0 Å². The van der Waals surface area contributed by atoms with E-state index in [1.54, 1.807) is 0 Å². The van der Waals surface area contributed by atoms with Crippen molar-refractivity contribution in [1.29, 1.82) is 0 Å². The fourth-order valence-corrected chi connectivity index (χ4v) is 2.85. The lowest BCUT2D eigenvalue weighted by molar-refractivity contribution is 0.383. The molecular weight excluding hydrogens is 220 g/mol. The van der Waals surface area contributed by atoms with Crippen LogP contribution in [-0.4, -0.2) is 18.6 Å². The van der Waals surface area contributed by atoms with Crippen molar-refractivity contribution in [2.75, 3.05) is 18.0 Å². The monoisotopic (exact) mass is 246 g/mol. The molecule has 2 nitrogen and oxygen atoms in total. The Balaban J connectivity index is 2.21. The van der Waals surface area contributed by atoms with Crippen molar-refractivity contribution < 1.29 is 0 Å². The summed E-state index contributed by atoms with van der Waals surface area (Å²) in [6.45, 7) is 8.41. The van der Waals surface area contributed by atoms with E-state index in [0.29, 0.717) is 0 Å². The Labute approximate surface area is 111 Å². The number of anilines is 1. The molecule has 1 saturated carbocycles. The lowest BCUT2D eigenvalue weighted by Crippen LogP contribution is -2.52. The SMILES string of the molecule is CCN(c1ccc(C)cc1)C(C)(CN)CC1CC1. The third-order valence-corrected chi connectivity index (χ3v) is 4.18. The smallest absolute Gasteiger partial charge is 0.0498 e. The summed E-state index contributed by atoms with van der Waals surface area (Å²) in [5, 5.41) is 0. The Kier molecular flexibility index (Phi) is 3.96. The third-order valence-electron chi connectivity index (χ3n) is 4.18. The van der Waals surface area contributed by atoms with Crippen molar-refractivity contribution in [2.45, 2.75) is 45.6 Å². The molecule has 2 N–H and O–H groups in total. The number of hydrogen-bond donors (Lipinski definition) is 1.